The van der Waals surface area contributed by atoms with Crippen molar-refractivity contribution in [1.29, 1.82) is 0 Å². The van der Waals surface area contributed by atoms with Crippen LogP contribution in [-0.4, -0.2) is 49.1 Å². The third-order valence-corrected chi connectivity index (χ3v) is 4.82. The molecule has 0 radical (unpaired) electrons. The Labute approximate surface area is 99.3 Å². The van der Waals surface area contributed by atoms with Gasteiger partial charge in [0, 0.05) is 32.7 Å². The molecule has 0 amide bonds. The quantitative estimate of drug-likeness (QED) is 0.670. The van der Waals surface area contributed by atoms with Crippen LogP contribution in [0.5, 0.6) is 0 Å². The molecular weight excluding hydrogens is 196 g/mol. The maximum Gasteiger partial charge on any atom is 0.0110 e. The van der Waals surface area contributed by atoms with Gasteiger partial charge in [-0.15, -0.1) is 0 Å². The number of rotatable bonds is 3. The van der Waals surface area contributed by atoms with E-state index in [0.717, 1.165) is 17.8 Å². The highest BCUT2D eigenvalue weighted by Gasteiger charge is 2.36. The maximum absolute atomic E-state index is 2.70. The van der Waals surface area contributed by atoms with E-state index >= 15 is 0 Å². The third-order valence-electron chi connectivity index (χ3n) is 4.82. The van der Waals surface area contributed by atoms with E-state index in [1.54, 1.807) is 0 Å². The van der Waals surface area contributed by atoms with Gasteiger partial charge in [0.2, 0.25) is 0 Å². The molecular formula is C14H24N2. The zero-order valence-corrected chi connectivity index (χ0v) is 10.4. The second-order valence-electron chi connectivity index (χ2n) is 5.78. The minimum atomic E-state index is 0.925. The summed E-state index contributed by atoms with van der Waals surface area (Å²) in [5.74, 6) is 2.84. The molecule has 3 rings (SSSR count). The lowest BCUT2D eigenvalue weighted by atomic mass is 9.93. The molecule has 2 nitrogen and oxygen atoms in total. The summed E-state index contributed by atoms with van der Waals surface area (Å²) in [6, 6.07) is 0. The molecule has 90 valence electrons. The number of nitrogens with zero attached hydrogens (tertiary/aromatic N) is 2. The van der Waals surface area contributed by atoms with E-state index in [1.165, 1.54) is 52.1 Å². The summed E-state index contributed by atoms with van der Waals surface area (Å²) >= 11 is 0. The van der Waals surface area contributed by atoms with Gasteiger partial charge in [-0.3, -0.25) is 0 Å². The lowest BCUT2D eigenvalue weighted by Gasteiger charge is -2.36. The Morgan fingerprint density at radius 3 is 2.31 bits per heavy atom. The minimum absolute atomic E-state index is 0.925. The molecule has 0 aromatic heterocycles. The Balaban J connectivity index is 1.48. The summed E-state index contributed by atoms with van der Waals surface area (Å²) in [6.07, 6.45) is 7.87. The second kappa shape index (κ2) is 4.50. The van der Waals surface area contributed by atoms with E-state index in [2.05, 4.69) is 28.9 Å². The van der Waals surface area contributed by atoms with Crippen LogP contribution < -0.4 is 0 Å². The average Bonchev–Trinajstić information content (AvgIpc) is 2.92. The van der Waals surface area contributed by atoms with Crippen molar-refractivity contribution in [1.82, 2.24) is 9.80 Å². The molecule has 2 aliphatic carbocycles. The predicted molar refractivity (Wildman–Crippen MR) is 67.4 cm³/mol. The first-order valence-electron chi connectivity index (χ1n) is 6.98. The van der Waals surface area contributed by atoms with Crippen LogP contribution in [0, 0.1) is 17.8 Å². The number of hydrogen-bond donors (Lipinski definition) is 0. The summed E-state index contributed by atoms with van der Waals surface area (Å²) in [7, 11) is 0. The van der Waals surface area contributed by atoms with E-state index in [9.17, 15) is 0 Å². The second-order valence-corrected chi connectivity index (χ2v) is 5.78. The normalized spacial score (nSPS) is 39.7. The van der Waals surface area contributed by atoms with Gasteiger partial charge < -0.3 is 9.80 Å². The fraction of sp³-hybridized carbons (Fsp3) is 0.857. The first-order chi connectivity index (χ1) is 7.85. The minimum Gasteiger partial charge on any atom is -0.301 e. The molecule has 2 heteroatoms. The summed E-state index contributed by atoms with van der Waals surface area (Å²) in [5, 5.41) is 0. The van der Waals surface area contributed by atoms with Gasteiger partial charge >= 0.3 is 0 Å². The highest BCUT2D eigenvalue weighted by molar-refractivity contribution is 5.10. The third kappa shape index (κ3) is 2.05. The Hall–Kier alpha value is -0.340. The lowest BCUT2D eigenvalue weighted by molar-refractivity contribution is 0.117. The topological polar surface area (TPSA) is 6.48 Å². The van der Waals surface area contributed by atoms with E-state index in [-0.39, 0.29) is 0 Å². The molecule has 0 spiro atoms. The molecule has 1 aliphatic heterocycles. The first-order valence-corrected chi connectivity index (χ1v) is 6.98. The zero-order chi connectivity index (χ0) is 11.0. The zero-order valence-electron chi connectivity index (χ0n) is 10.4. The van der Waals surface area contributed by atoms with Crippen LogP contribution in [-0.2, 0) is 0 Å². The first kappa shape index (κ1) is 10.8. The van der Waals surface area contributed by atoms with Gasteiger partial charge in [-0.1, -0.05) is 19.1 Å². The number of likely N-dealkylation sites (N-methyl/N-ethyl adjacent to an activating group) is 1. The molecule has 0 aromatic rings. The van der Waals surface area contributed by atoms with Gasteiger partial charge in [0.1, 0.15) is 0 Å². The summed E-state index contributed by atoms with van der Waals surface area (Å²) in [6.45, 7) is 10.0. The molecule has 1 saturated heterocycles. The van der Waals surface area contributed by atoms with Crippen LogP contribution in [0.3, 0.4) is 0 Å². The predicted octanol–water partition coefficient (Wildman–Crippen LogP) is 1.84. The van der Waals surface area contributed by atoms with Gasteiger partial charge in [-0.2, -0.15) is 0 Å². The van der Waals surface area contributed by atoms with E-state index < -0.39 is 0 Å². The van der Waals surface area contributed by atoms with Crippen LogP contribution in [0.15, 0.2) is 12.2 Å². The van der Waals surface area contributed by atoms with Crippen molar-refractivity contribution >= 4 is 0 Å². The maximum atomic E-state index is 2.70. The van der Waals surface area contributed by atoms with Crippen molar-refractivity contribution in [2.24, 2.45) is 17.8 Å². The van der Waals surface area contributed by atoms with Crippen molar-refractivity contribution in [3.8, 4) is 0 Å². The van der Waals surface area contributed by atoms with Crippen LogP contribution in [0.2, 0.25) is 0 Å². The number of fused-ring (bicyclic) bond motifs is 2. The molecule has 1 saturated carbocycles. The van der Waals surface area contributed by atoms with Crippen LogP contribution in [0.4, 0.5) is 0 Å². The van der Waals surface area contributed by atoms with Crippen molar-refractivity contribution in [2.75, 3.05) is 39.3 Å². The van der Waals surface area contributed by atoms with Crippen LogP contribution in [0.1, 0.15) is 19.8 Å². The van der Waals surface area contributed by atoms with Crippen LogP contribution >= 0.6 is 0 Å². The smallest absolute Gasteiger partial charge is 0.0110 e. The lowest BCUT2D eigenvalue weighted by Crippen LogP contribution is -2.47. The van der Waals surface area contributed by atoms with E-state index in [1.807, 2.05) is 0 Å². The highest BCUT2D eigenvalue weighted by Crippen LogP contribution is 2.43. The Kier molecular flexibility index (Phi) is 3.03. The fourth-order valence-corrected chi connectivity index (χ4v) is 3.72. The van der Waals surface area contributed by atoms with Crippen LogP contribution in [0.25, 0.3) is 0 Å². The van der Waals surface area contributed by atoms with Gasteiger partial charge in [-0.25, -0.2) is 0 Å². The summed E-state index contributed by atoms with van der Waals surface area (Å²) < 4.78 is 0. The largest absolute Gasteiger partial charge is 0.301 e. The van der Waals surface area contributed by atoms with E-state index in [0.29, 0.717) is 0 Å². The Morgan fingerprint density at radius 2 is 1.75 bits per heavy atom. The number of hydrogen-bond acceptors (Lipinski definition) is 2. The monoisotopic (exact) mass is 220 g/mol. The molecule has 2 fully saturated rings. The molecule has 16 heavy (non-hydrogen) atoms. The molecule has 3 atom stereocenters. The average molecular weight is 220 g/mol. The van der Waals surface area contributed by atoms with Gasteiger partial charge in [0.15, 0.2) is 0 Å². The Morgan fingerprint density at radius 1 is 1.00 bits per heavy atom. The summed E-state index contributed by atoms with van der Waals surface area (Å²) in [4.78, 5) is 5.27. The number of allylic oxidation sites excluding steroid dienone is 2. The summed E-state index contributed by atoms with van der Waals surface area (Å²) in [5.41, 5.74) is 0. The molecule has 3 aliphatic rings. The van der Waals surface area contributed by atoms with Gasteiger partial charge in [-0.05, 0) is 37.1 Å². The molecule has 2 bridgehead atoms. The van der Waals surface area contributed by atoms with Gasteiger partial charge in [0.25, 0.3) is 0 Å². The molecule has 0 aromatic carbocycles. The van der Waals surface area contributed by atoms with Crippen molar-refractivity contribution in [2.45, 2.75) is 19.8 Å². The van der Waals surface area contributed by atoms with Crippen molar-refractivity contribution in [3.63, 3.8) is 0 Å². The highest BCUT2D eigenvalue weighted by atomic mass is 15.3. The fourth-order valence-electron chi connectivity index (χ4n) is 3.72. The van der Waals surface area contributed by atoms with Gasteiger partial charge in [0.05, 0.1) is 0 Å². The Bertz CT molecular complexity index is 266. The van der Waals surface area contributed by atoms with Crippen molar-refractivity contribution < 1.29 is 0 Å². The van der Waals surface area contributed by atoms with Crippen molar-refractivity contribution in [3.05, 3.63) is 12.2 Å². The standard InChI is InChI=1S/C14H24N2/c1-2-15-5-7-16(8-6-15)11-14-10-12-3-4-13(14)9-12/h3-4,12-14H,2,5-11H2,1H3/t12-,13+,14-/m1/s1. The molecule has 0 unspecified atom stereocenters. The number of piperazine rings is 1. The van der Waals surface area contributed by atoms with E-state index in [4.69, 9.17) is 0 Å². The molecule has 1 heterocycles. The molecule has 0 N–H and O–H groups in total. The SMILES string of the molecule is CCN1CCN(C[C@H]2C[C@@H]3C=C[C@H]2C3)CC1.